The summed E-state index contributed by atoms with van der Waals surface area (Å²) in [4.78, 5) is 12.4. The molecule has 0 aliphatic carbocycles. The minimum absolute atomic E-state index is 0.166. The Morgan fingerprint density at radius 1 is 1.41 bits per heavy atom. The first kappa shape index (κ1) is 15.2. The van der Waals surface area contributed by atoms with Crippen LogP contribution in [-0.2, 0) is 23.8 Å². The maximum Gasteiger partial charge on any atom is 0.309 e. The molecule has 0 unspecified atom stereocenters. The standard InChI is InChI=1S/C14H16ClNO5S/c1-2-3-8-22(18,19)21-13-11(17)12(20-14(13)16)9-4-6-10(15)7-5-9/h4-7,12H,2-3,8,16H2,1H3/t12-/m1/s1/i12D. The molecule has 0 saturated heterocycles. The number of ketones is 1. The van der Waals surface area contributed by atoms with Crippen LogP contribution in [0.2, 0.25) is 5.02 Å². The Morgan fingerprint density at radius 2 is 2.05 bits per heavy atom. The number of unbranched alkanes of at least 4 members (excludes halogenated alkanes) is 1. The Kier molecular flexibility index (Phi) is 4.54. The molecule has 0 saturated carbocycles. The summed E-state index contributed by atoms with van der Waals surface area (Å²) in [6.07, 6.45) is -1.16. The van der Waals surface area contributed by atoms with Crippen molar-refractivity contribution in [3.05, 3.63) is 46.5 Å². The summed E-state index contributed by atoms with van der Waals surface area (Å²) >= 11 is 5.77. The van der Waals surface area contributed by atoms with Crippen molar-refractivity contribution in [3.8, 4) is 0 Å². The average molecular weight is 347 g/mol. The Morgan fingerprint density at radius 3 is 2.64 bits per heavy atom. The Bertz CT molecular complexity index is 747. The molecule has 2 rings (SSSR count). The third-order valence-electron chi connectivity index (χ3n) is 2.91. The van der Waals surface area contributed by atoms with Gasteiger partial charge >= 0.3 is 10.1 Å². The summed E-state index contributed by atoms with van der Waals surface area (Å²) in [5, 5.41) is 0.419. The second-order valence-electron chi connectivity index (χ2n) is 4.66. The molecule has 0 aromatic heterocycles. The van der Waals surface area contributed by atoms with Crippen LogP contribution in [0.3, 0.4) is 0 Å². The summed E-state index contributed by atoms with van der Waals surface area (Å²) in [6.45, 7) is 1.82. The van der Waals surface area contributed by atoms with Crippen LogP contribution < -0.4 is 5.73 Å². The molecule has 120 valence electrons. The van der Waals surface area contributed by atoms with Gasteiger partial charge in [0, 0.05) is 10.6 Å². The molecule has 1 aliphatic heterocycles. The number of Topliss-reactive ketones (excluding diaryl/α,β-unsaturated/α-hetero) is 1. The van der Waals surface area contributed by atoms with E-state index in [1.165, 1.54) is 24.3 Å². The first-order valence-electron chi connectivity index (χ1n) is 7.11. The maximum absolute atomic E-state index is 12.4. The molecule has 8 heteroatoms. The Balaban J connectivity index is 2.26. The molecule has 1 aliphatic rings. The highest BCUT2D eigenvalue weighted by atomic mass is 35.5. The van der Waals surface area contributed by atoms with E-state index in [9.17, 15) is 13.2 Å². The number of nitrogens with two attached hydrogens (primary N) is 1. The summed E-state index contributed by atoms with van der Waals surface area (Å²) < 4.78 is 41.7. The minimum atomic E-state index is -3.98. The van der Waals surface area contributed by atoms with Gasteiger partial charge in [-0.05, 0) is 18.6 Å². The molecule has 22 heavy (non-hydrogen) atoms. The van der Waals surface area contributed by atoms with E-state index < -0.39 is 33.6 Å². The van der Waals surface area contributed by atoms with Gasteiger partial charge in [-0.25, -0.2) is 0 Å². The van der Waals surface area contributed by atoms with E-state index in [-0.39, 0.29) is 11.3 Å². The van der Waals surface area contributed by atoms with E-state index in [0.29, 0.717) is 17.9 Å². The monoisotopic (exact) mass is 346 g/mol. The van der Waals surface area contributed by atoms with Crippen LogP contribution in [-0.4, -0.2) is 20.0 Å². The molecule has 1 atom stereocenters. The topological polar surface area (TPSA) is 95.7 Å². The lowest BCUT2D eigenvalue weighted by Gasteiger charge is -2.09. The van der Waals surface area contributed by atoms with Crippen LogP contribution in [0.1, 0.15) is 32.8 Å². The highest BCUT2D eigenvalue weighted by Gasteiger charge is 2.39. The lowest BCUT2D eigenvalue weighted by molar-refractivity contribution is -0.123. The largest absolute Gasteiger partial charge is 0.460 e. The second-order valence-corrected chi connectivity index (χ2v) is 6.79. The van der Waals surface area contributed by atoms with Gasteiger partial charge in [0.1, 0.15) is 0 Å². The second kappa shape index (κ2) is 6.58. The number of carbonyl (C=O) groups is 1. The third-order valence-corrected chi connectivity index (χ3v) is 4.37. The fraction of sp³-hybridized carbons (Fsp3) is 0.357. The van der Waals surface area contributed by atoms with E-state index in [2.05, 4.69) is 0 Å². The minimum Gasteiger partial charge on any atom is -0.460 e. The highest BCUT2D eigenvalue weighted by Crippen LogP contribution is 2.32. The van der Waals surface area contributed by atoms with Gasteiger partial charge in [0.2, 0.25) is 17.4 Å². The molecule has 0 radical (unpaired) electrons. The maximum atomic E-state index is 12.4. The van der Waals surface area contributed by atoms with E-state index in [0.717, 1.165) is 0 Å². The number of hydrogen-bond acceptors (Lipinski definition) is 6. The van der Waals surface area contributed by atoms with E-state index >= 15 is 0 Å². The molecule has 1 aromatic rings. The molecule has 2 N–H and O–H groups in total. The van der Waals surface area contributed by atoms with Crippen molar-refractivity contribution < 1.29 is 23.5 Å². The lowest BCUT2D eigenvalue weighted by Crippen LogP contribution is -2.17. The van der Waals surface area contributed by atoms with Crippen molar-refractivity contribution in [2.24, 2.45) is 5.73 Å². The molecule has 1 aromatic carbocycles. The van der Waals surface area contributed by atoms with Crippen LogP contribution in [0, 0.1) is 0 Å². The van der Waals surface area contributed by atoms with Gasteiger partial charge in [-0.2, -0.15) is 8.42 Å². The number of ether oxygens (including phenoxy) is 1. The normalized spacial score (nSPS) is 22.5. The van der Waals surface area contributed by atoms with Crippen LogP contribution in [0.15, 0.2) is 35.9 Å². The molecule has 0 spiro atoms. The van der Waals surface area contributed by atoms with Gasteiger partial charge in [0.25, 0.3) is 0 Å². The lowest BCUT2D eigenvalue weighted by atomic mass is 10.1. The zero-order chi connectivity index (χ0) is 17.3. The number of benzene rings is 1. The van der Waals surface area contributed by atoms with Gasteiger partial charge in [-0.15, -0.1) is 0 Å². The molecule has 6 nitrogen and oxygen atoms in total. The fourth-order valence-corrected chi connectivity index (χ4v) is 3.04. The Labute approximate surface area is 135 Å². The van der Waals surface area contributed by atoms with E-state index in [1.807, 2.05) is 6.92 Å². The Hall–Kier alpha value is -1.73. The third kappa shape index (κ3) is 3.72. The van der Waals surface area contributed by atoms with Gasteiger partial charge in [0.15, 0.2) is 6.08 Å². The van der Waals surface area contributed by atoms with Gasteiger partial charge in [-0.3, -0.25) is 4.79 Å². The summed E-state index contributed by atoms with van der Waals surface area (Å²) in [5.74, 6) is -2.41. The van der Waals surface area contributed by atoms with Crippen molar-refractivity contribution in [3.63, 3.8) is 0 Å². The molecule has 1 heterocycles. The van der Waals surface area contributed by atoms with Crippen LogP contribution >= 0.6 is 11.6 Å². The summed E-state index contributed by atoms with van der Waals surface area (Å²) in [6, 6.07) is 5.82. The number of carbonyl (C=O) groups excluding carboxylic acids is 1. The first-order valence-corrected chi connectivity index (χ1v) is 8.57. The molecule has 0 bridgehead atoms. The van der Waals surface area contributed by atoms with Gasteiger partial charge < -0.3 is 14.7 Å². The van der Waals surface area contributed by atoms with E-state index in [4.69, 9.17) is 27.6 Å². The predicted octanol–water partition coefficient (Wildman–Crippen LogP) is 2.25. The molecule has 0 fully saturated rings. The fourth-order valence-electron chi connectivity index (χ4n) is 1.78. The van der Waals surface area contributed by atoms with E-state index in [1.54, 1.807) is 0 Å². The summed E-state index contributed by atoms with van der Waals surface area (Å²) in [5.41, 5.74) is 5.72. The average Bonchev–Trinajstić information content (AvgIpc) is 2.70. The van der Waals surface area contributed by atoms with Gasteiger partial charge in [0.05, 0.1) is 7.12 Å². The number of hydrogen-bond donors (Lipinski definition) is 1. The van der Waals surface area contributed by atoms with Crippen molar-refractivity contribution in [2.45, 2.75) is 25.8 Å². The molecular weight excluding hydrogens is 330 g/mol. The highest BCUT2D eigenvalue weighted by molar-refractivity contribution is 7.86. The van der Waals surface area contributed by atoms with Crippen molar-refractivity contribution in [2.75, 3.05) is 5.75 Å². The molecular formula is C14H16ClNO5S. The van der Waals surface area contributed by atoms with Crippen LogP contribution in [0.5, 0.6) is 0 Å². The van der Waals surface area contributed by atoms with Crippen molar-refractivity contribution >= 4 is 27.5 Å². The zero-order valence-electron chi connectivity index (χ0n) is 12.8. The van der Waals surface area contributed by atoms with Crippen molar-refractivity contribution in [1.82, 2.24) is 0 Å². The predicted molar refractivity (Wildman–Crippen MR) is 81.3 cm³/mol. The van der Waals surface area contributed by atoms with Crippen LogP contribution in [0.4, 0.5) is 0 Å². The molecule has 0 amide bonds. The quantitative estimate of drug-likeness (QED) is 0.794. The SMILES string of the molecule is [2H][C@]1(c2ccc(Cl)cc2)OC(N)=C(OS(=O)(=O)CCCC)C1=O. The first-order chi connectivity index (χ1) is 10.7. The number of rotatable bonds is 6. The smallest absolute Gasteiger partial charge is 0.309 e. The summed E-state index contributed by atoms with van der Waals surface area (Å²) in [7, 11) is -3.98. The number of halogens is 1. The van der Waals surface area contributed by atoms with Crippen LogP contribution in [0.25, 0.3) is 0 Å². The zero-order valence-corrected chi connectivity index (χ0v) is 13.4. The van der Waals surface area contributed by atoms with Crippen molar-refractivity contribution in [1.29, 1.82) is 0 Å². The van der Waals surface area contributed by atoms with Gasteiger partial charge in [-0.1, -0.05) is 37.1 Å².